The van der Waals surface area contributed by atoms with Crippen molar-refractivity contribution in [3.8, 4) is 0 Å². The van der Waals surface area contributed by atoms with Crippen LogP contribution in [0.25, 0.3) is 11.0 Å². The maximum atomic E-state index is 12.8. The number of hydrogen-bond acceptors (Lipinski definition) is 4. The molecule has 2 heterocycles. The second kappa shape index (κ2) is 6.60. The van der Waals surface area contributed by atoms with E-state index in [0.29, 0.717) is 29.1 Å². The highest BCUT2D eigenvalue weighted by Crippen LogP contribution is 2.43. The molecular formula is C21H20N4O3. The van der Waals surface area contributed by atoms with E-state index in [0.717, 1.165) is 17.5 Å². The summed E-state index contributed by atoms with van der Waals surface area (Å²) in [7, 11) is 0. The highest BCUT2D eigenvalue weighted by atomic mass is 16.2. The molecular weight excluding hydrogens is 356 g/mol. The second-order valence-electron chi connectivity index (χ2n) is 7.33. The molecule has 1 aliphatic rings. The van der Waals surface area contributed by atoms with Gasteiger partial charge in [0.2, 0.25) is 11.9 Å². The van der Waals surface area contributed by atoms with Crippen molar-refractivity contribution in [3.63, 3.8) is 0 Å². The molecule has 1 aliphatic heterocycles. The Hall–Kier alpha value is -3.48. The molecule has 3 aromatic rings. The number of rotatable bonds is 5. The smallest absolute Gasteiger partial charge is 0.257 e. The lowest BCUT2D eigenvalue weighted by atomic mass is 9.86. The monoisotopic (exact) mass is 376 g/mol. The maximum Gasteiger partial charge on any atom is 0.257 e. The Balaban J connectivity index is 1.69. The minimum absolute atomic E-state index is 0.0328. The van der Waals surface area contributed by atoms with Crippen LogP contribution >= 0.6 is 0 Å². The van der Waals surface area contributed by atoms with Gasteiger partial charge in [0.25, 0.3) is 5.91 Å². The fourth-order valence-electron chi connectivity index (χ4n) is 3.56. The SMILES string of the molecule is CC1(C)C(=O)N(CCC=O)c2cc3[nH]c(NC(=O)c4ccccc4)nc3cc21. The number of carbonyl (C=O) groups excluding carboxylic acids is 3. The van der Waals surface area contributed by atoms with Crippen molar-refractivity contribution in [2.24, 2.45) is 0 Å². The Morgan fingerprint density at radius 1 is 1.25 bits per heavy atom. The largest absolute Gasteiger partial charge is 0.324 e. The molecule has 0 aliphatic carbocycles. The minimum Gasteiger partial charge on any atom is -0.324 e. The van der Waals surface area contributed by atoms with Gasteiger partial charge in [-0.3, -0.25) is 14.9 Å². The van der Waals surface area contributed by atoms with E-state index in [1.54, 1.807) is 29.2 Å². The normalized spacial score (nSPS) is 14.9. The van der Waals surface area contributed by atoms with E-state index in [4.69, 9.17) is 0 Å². The second-order valence-corrected chi connectivity index (χ2v) is 7.33. The van der Waals surface area contributed by atoms with Crippen LogP contribution in [0.5, 0.6) is 0 Å². The van der Waals surface area contributed by atoms with Crippen molar-refractivity contribution in [1.29, 1.82) is 0 Å². The molecule has 2 N–H and O–H groups in total. The van der Waals surface area contributed by atoms with Gasteiger partial charge in [0.1, 0.15) is 6.29 Å². The fourth-order valence-corrected chi connectivity index (χ4v) is 3.56. The van der Waals surface area contributed by atoms with Gasteiger partial charge in [0, 0.05) is 18.5 Å². The highest BCUT2D eigenvalue weighted by molar-refractivity contribution is 6.10. The molecule has 0 saturated carbocycles. The first-order valence-corrected chi connectivity index (χ1v) is 9.08. The molecule has 28 heavy (non-hydrogen) atoms. The summed E-state index contributed by atoms with van der Waals surface area (Å²) in [5.41, 5.74) is 2.86. The van der Waals surface area contributed by atoms with Crippen LogP contribution in [-0.2, 0) is 15.0 Å². The lowest BCUT2D eigenvalue weighted by Gasteiger charge is -2.19. The van der Waals surface area contributed by atoms with Crippen molar-refractivity contribution in [1.82, 2.24) is 9.97 Å². The molecule has 0 spiro atoms. The van der Waals surface area contributed by atoms with E-state index in [1.807, 2.05) is 32.0 Å². The van der Waals surface area contributed by atoms with Crippen LogP contribution in [0.4, 0.5) is 11.6 Å². The maximum absolute atomic E-state index is 12.8. The zero-order valence-electron chi connectivity index (χ0n) is 15.7. The van der Waals surface area contributed by atoms with Crippen LogP contribution in [-0.4, -0.2) is 34.6 Å². The number of anilines is 2. The van der Waals surface area contributed by atoms with Crippen LogP contribution in [0, 0.1) is 0 Å². The summed E-state index contributed by atoms with van der Waals surface area (Å²) in [5, 5.41) is 2.77. The number of nitrogens with one attached hydrogen (secondary N) is 2. The molecule has 2 aromatic carbocycles. The molecule has 0 radical (unpaired) electrons. The Bertz CT molecular complexity index is 1090. The van der Waals surface area contributed by atoms with Gasteiger partial charge in [-0.1, -0.05) is 18.2 Å². The summed E-state index contributed by atoms with van der Waals surface area (Å²) >= 11 is 0. The predicted octanol–water partition coefficient (Wildman–Crippen LogP) is 3.03. The van der Waals surface area contributed by atoms with E-state index in [-0.39, 0.29) is 18.2 Å². The predicted molar refractivity (Wildman–Crippen MR) is 107 cm³/mol. The number of nitrogens with zero attached hydrogens (tertiary/aromatic N) is 2. The van der Waals surface area contributed by atoms with E-state index >= 15 is 0 Å². The van der Waals surface area contributed by atoms with Crippen molar-refractivity contribution < 1.29 is 14.4 Å². The first kappa shape index (κ1) is 17.9. The Kier molecular flexibility index (Phi) is 4.22. The third-order valence-corrected chi connectivity index (χ3v) is 5.08. The van der Waals surface area contributed by atoms with Gasteiger partial charge in [-0.15, -0.1) is 0 Å². The highest BCUT2D eigenvalue weighted by Gasteiger charge is 2.44. The number of imidazole rings is 1. The van der Waals surface area contributed by atoms with Gasteiger partial charge in [-0.25, -0.2) is 4.98 Å². The summed E-state index contributed by atoms with van der Waals surface area (Å²) in [6, 6.07) is 12.6. The molecule has 0 bridgehead atoms. The van der Waals surface area contributed by atoms with E-state index < -0.39 is 5.41 Å². The number of aromatic nitrogens is 2. The quantitative estimate of drug-likeness (QED) is 0.669. The van der Waals surface area contributed by atoms with Crippen LogP contribution < -0.4 is 10.2 Å². The molecule has 0 unspecified atom stereocenters. The van der Waals surface area contributed by atoms with Gasteiger partial charge in [0.15, 0.2) is 0 Å². The summed E-state index contributed by atoms with van der Waals surface area (Å²) in [4.78, 5) is 45.1. The number of aromatic amines is 1. The third kappa shape index (κ3) is 2.85. The molecule has 0 fully saturated rings. The summed E-state index contributed by atoms with van der Waals surface area (Å²) < 4.78 is 0. The summed E-state index contributed by atoms with van der Waals surface area (Å²) in [5.74, 6) is 0.0565. The average Bonchev–Trinajstić information content (AvgIpc) is 3.16. The topological polar surface area (TPSA) is 95.2 Å². The Morgan fingerprint density at radius 3 is 2.71 bits per heavy atom. The van der Waals surface area contributed by atoms with Gasteiger partial charge >= 0.3 is 0 Å². The fraction of sp³-hybridized carbons (Fsp3) is 0.238. The zero-order chi connectivity index (χ0) is 19.9. The molecule has 142 valence electrons. The van der Waals surface area contributed by atoms with Crippen LogP contribution in [0.3, 0.4) is 0 Å². The Morgan fingerprint density at radius 2 is 2.00 bits per heavy atom. The van der Waals surface area contributed by atoms with E-state index in [9.17, 15) is 14.4 Å². The molecule has 4 rings (SSSR count). The van der Waals surface area contributed by atoms with Crippen molar-refractivity contribution in [3.05, 3.63) is 53.6 Å². The average molecular weight is 376 g/mol. The zero-order valence-corrected chi connectivity index (χ0v) is 15.7. The standard InChI is InChI=1S/C21H20N4O3/c1-21(2)14-11-15-16(12-17(14)25(19(21)28)9-6-10-26)23-20(22-15)24-18(27)13-7-4-3-5-8-13/h3-5,7-8,10-12H,6,9H2,1-2H3,(H2,22,23,24,27). The number of fused-ring (bicyclic) bond motifs is 2. The molecule has 7 nitrogen and oxygen atoms in total. The first-order valence-electron chi connectivity index (χ1n) is 9.08. The third-order valence-electron chi connectivity index (χ3n) is 5.08. The number of hydrogen-bond donors (Lipinski definition) is 2. The minimum atomic E-state index is -0.696. The molecule has 1 aromatic heterocycles. The summed E-state index contributed by atoms with van der Waals surface area (Å²) in [6.07, 6.45) is 1.09. The van der Waals surface area contributed by atoms with E-state index in [1.165, 1.54) is 0 Å². The lowest BCUT2D eigenvalue weighted by molar-refractivity contribution is -0.122. The number of aldehydes is 1. The van der Waals surface area contributed by atoms with Crippen molar-refractivity contribution >= 4 is 40.8 Å². The number of amides is 2. The first-order chi connectivity index (χ1) is 13.4. The molecule has 7 heteroatoms. The van der Waals surface area contributed by atoms with Crippen LogP contribution in [0.15, 0.2) is 42.5 Å². The van der Waals surface area contributed by atoms with Gasteiger partial charge < -0.3 is 14.7 Å². The van der Waals surface area contributed by atoms with Crippen LogP contribution in [0.2, 0.25) is 0 Å². The van der Waals surface area contributed by atoms with Gasteiger partial charge in [-0.05, 0) is 43.7 Å². The van der Waals surface area contributed by atoms with E-state index in [2.05, 4.69) is 15.3 Å². The molecule has 0 atom stereocenters. The number of carbonyl (C=O) groups is 3. The number of benzene rings is 2. The van der Waals surface area contributed by atoms with Crippen molar-refractivity contribution in [2.45, 2.75) is 25.7 Å². The summed E-state index contributed by atoms with van der Waals surface area (Å²) in [6.45, 7) is 4.08. The van der Waals surface area contributed by atoms with Gasteiger partial charge in [-0.2, -0.15) is 0 Å². The lowest BCUT2D eigenvalue weighted by Crippen LogP contribution is -2.36. The van der Waals surface area contributed by atoms with Gasteiger partial charge in [0.05, 0.1) is 22.1 Å². The number of H-pyrrole nitrogens is 1. The molecule has 0 saturated heterocycles. The van der Waals surface area contributed by atoms with Crippen molar-refractivity contribution in [2.75, 3.05) is 16.8 Å². The Labute approximate surface area is 161 Å². The van der Waals surface area contributed by atoms with Crippen LogP contribution in [0.1, 0.15) is 36.2 Å². The molecule has 2 amide bonds.